The molecular weight excluding hydrogens is 312 g/mol. The molecule has 1 atom stereocenters. The van der Waals surface area contributed by atoms with E-state index in [1.165, 1.54) is 0 Å². The van der Waals surface area contributed by atoms with Gasteiger partial charge in [0.15, 0.2) is 0 Å². The molecule has 0 saturated heterocycles. The lowest BCUT2D eigenvalue weighted by molar-refractivity contribution is 0.238. The van der Waals surface area contributed by atoms with Crippen molar-refractivity contribution in [2.75, 3.05) is 6.54 Å². The van der Waals surface area contributed by atoms with Crippen molar-refractivity contribution in [3.05, 3.63) is 33.1 Å². The van der Waals surface area contributed by atoms with Gasteiger partial charge in [0.2, 0.25) is 0 Å². The normalized spacial score (nSPS) is 12.2. The van der Waals surface area contributed by atoms with Gasteiger partial charge < -0.3 is 15.2 Å². The molecule has 7 heteroatoms. The van der Waals surface area contributed by atoms with Gasteiger partial charge in [0, 0.05) is 30.0 Å². The second-order valence-corrected chi connectivity index (χ2v) is 6.59. The summed E-state index contributed by atoms with van der Waals surface area (Å²) in [6.45, 7) is 8.45. The Morgan fingerprint density at radius 3 is 2.83 bits per heavy atom. The van der Waals surface area contributed by atoms with E-state index in [1.54, 1.807) is 11.3 Å². The summed E-state index contributed by atoms with van der Waals surface area (Å²) < 4.78 is 5.14. The highest BCUT2D eigenvalue weighted by Gasteiger charge is 2.14. The Labute approximate surface area is 140 Å². The van der Waals surface area contributed by atoms with Gasteiger partial charge in [0.05, 0.1) is 16.4 Å². The topological polar surface area (TPSA) is 80.0 Å². The van der Waals surface area contributed by atoms with Crippen molar-refractivity contribution in [2.45, 2.75) is 53.0 Å². The largest absolute Gasteiger partial charge is 0.361 e. The smallest absolute Gasteiger partial charge is 0.315 e. The number of thiazole rings is 1. The van der Waals surface area contributed by atoms with Crippen molar-refractivity contribution in [2.24, 2.45) is 0 Å². The summed E-state index contributed by atoms with van der Waals surface area (Å²) in [6.07, 6.45) is 2.42. The van der Waals surface area contributed by atoms with Crippen LogP contribution in [0, 0.1) is 13.8 Å². The predicted octanol–water partition coefficient (Wildman–Crippen LogP) is 2.78. The minimum absolute atomic E-state index is 0.0118. The van der Waals surface area contributed by atoms with Crippen LogP contribution in [-0.2, 0) is 19.3 Å². The number of hydrogen-bond donors (Lipinski definition) is 2. The van der Waals surface area contributed by atoms with Crippen LogP contribution in [0.15, 0.2) is 9.90 Å². The molecule has 23 heavy (non-hydrogen) atoms. The Bertz CT molecular complexity index is 631. The van der Waals surface area contributed by atoms with Crippen LogP contribution >= 0.6 is 11.3 Å². The van der Waals surface area contributed by atoms with Gasteiger partial charge in [-0.05, 0) is 33.6 Å². The highest BCUT2D eigenvalue weighted by atomic mass is 32.1. The van der Waals surface area contributed by atoms with Crippen LogP contribution in [0.25, 0.3) is 0 Å². The Morgan fingerprint density at radius 2 is 2.22 bits per heavy atom. The third kappa shape index (κ3) is 5.06. The highest BCUT2D eigenvalue weighted by molar-refractivity contribution is 7.09. The van der Waals surface area contributed by atoms with Crippen molar-refractivity contribution >= 4 is 17.4 Å². The molecule has 1 unspecified atom stereocenters. The van der Waals surface area contributed by atoms with E-state index in [2.05, 4.69) is 33.1 Å². The quantitative estimate of drug-likeness (QED) is 0.815. The summed E-state index contributed by atoms with van der Waals surface area (Å²) in [5, 5.41) is 12.9. The third-order valence-electron chi connectivity index (χ3n) is 3.64. The van der Waals surface area contributed by atoms with Crippen LogP contribution in [0.4, 0.5) is 4.79 Å². The third-order valence-corrected chi connectivity index (χ3v) is 4.68. The molecule has 0 fully saturated rings. The molecule has 6 nitrogen and oxygen atoms in total. The number of urea groups is 1. The first-order valence-electron chi connectivity index (χ1n) is 7.89. The van der Waals surface area contributed by atoms with Crippen LogP contribution in [0.2, 0.25) is 0 Å². The molecule has 0 aliphatic rings. The van der Waals surface area contributed by atoms with Crippen LogP contribution in [-0.4, -0.2) is 28.8 Å². The minimum atomic E-state index is -0.157. The number of aryl methyl sites for hydroxylation is 3. The van der Waals surface area contributed by atoms with E-state index in [-0.39, 0.29) is 12.1 Å². The molecule has 2 heterocycles. The Morgan fingerprint density at radius 1 is 1.43 bits per heavy atom. The van der Waals surface area contributed by atoms with Crippen molar-refractivity contribution in [3.8, 4) is 0 Å². The van der Waals surface area contributed by atoms with E-state index in [9.17, 15) is 4.79 Å². The second-order valence-electron chi connectivity index (χ2n) is 5.64. The number of nitrogens with zero attached hydrogens (tertiary/aromatic N) is 2. The van der Waals surface area contributed by atoms with Gasteiger partial charge >= 0.3 is 6.03 Å². The first-order chi connectivity index (χ1) is 11.0. The van der Waals surface area contributed by atoms with Gasteiger partial charge in [-0.25, -0.2) is 9.78 Å². The van der Waals surface area contributed by atoms with E-state index >= 15 is 0 Å². The number of carbonyl (C=O) groups excluding carboxylic acids is 1. The highest BCUT2D eigenvalue weighted by Crippen LogP contribution is 2.14. The zero-order valence-electron chi connectivity index (χ0n) is 14.1. The average molecular weight is 336 g/mol. The molecule has 0 spiro atoms. The molecule has 2 amide bonds. The maximum absolute atomic E-state index is 11.9. The van der Waals surface area contributed by atoms with Crippen LogP contribution in [0.1, 0.15) is 41.6 Å². The monoisotopic (exact) mass is 336 g/mol. The van der Waals surface area contributed by atoms with E-state index in [0.29, 0.717) is 13.0 Å². The van der Waals surface area contributed by atoms with Gasteiger partial charge in [-0.3, -0.25) is 0 Å². The maximum Gasteiger partial charge on any atom is 0.315 e. The standard InChI is InChI=1S/C16H24N4O2S/c1-5-15-19-13(9-23-15)6-7-17-16(21)18-10(2)8-14-11(3)20-22-12(14)4/h9-10H,5-8H2,1-4H3,(H2,17,18,21). The van der Waals surface area contributed by atoms with Crippen LogP contribution in [0.3, 0.4) is 0 Å². The molecule has 0 saturated carbocycles. The number of amides is 2. The van der Waals surface area contributed by atoms with Crippen molar-refractivity contribution in [1.29, 1.82) is 0 Å². The number of hydrogen-bond acceptors (Lipinski definition) is 5. The van der Waals surface area contributed by atoms with E-state index in [1.807, 2.05) is 20.8 Å². The molecule has 2 aromatic heterocycles. The Balaban J connectivity index is 1.71. The summed E-state index contributed by atoms with van der Waals surface area (Å²) in [7, 11) is 0. The fourth-order valence-electron chi connectivity index (χ4n) is 2.36. The van der Waals surface area contributed by atoms with E-state index in [0.717, 1.165) is 40.6 Å². The Hall–Kier alpha value is -1.89. The first kappa shape index (κ1) is 17.5. The number of aromatic nitrogens is 2. The summed E-state index contributed by atoms with van der Waals surface area (Å²) >= 11 is 1.67. The molecule has 2 N–H and O–H groups in total. The van der Waals surface area contributed by atoms with Crippen LogP contribution < -0.4 is 10.6 Å². The lowest BCUT2D eigenvalue weighted by atomic mass is 10.1. The SMILES string of the molecule is CCc1nc(CCNC(=O)NC(C)Cc2c(C)noc2C)cs1. The van der Waals surface area contributed by atoms with E-state index in [4.69, 9.17) is 4.52 Å². The number of nitrogens with one attached hydrogen (secondary N) is 2. The number of carbonyl (C=O) groups is 1. The van der Waals surface area contributed by atoms with Gasteiger partial charge in [-0.1, -0.05) is 12.1 Å². The molecule has 126 valence electrons. The summed E-state index contributed by atoms with van der Waals surface area (Å²) in [6, 6.07) is -0.145. The lowest BCUT2D eigenvalue weighted by Crippen LogP contribution is -2.42. The fourth-order valence-corrected chi connectivity index (χ4v) is 3.13. The molecule has 0 aliphatic carbocycles. The summed E-state index contributed by atoms with van der Waals surface area (Å²) in [5.74, 6) is 0.812. The minimum Gasteiger partial charge on any atom is -0.361 e. The fraction of sp³-hybridized carbons (Fsp3) is 0.562. The molecular formula is C16H24N4O2S. The molecule has 0 bridgehead atoms. The van der Waals surface area contributed by atoms with E-state index < -0.39 is 0 Å². The predicted molar refractivity (Wildman–Crippen MR) is 90.9 cm³/mol. The second kappa shape index (κ2) is 8.10. The van der Waals surface area contributed by atoms with Crippen molar-refractivity contribution in [3.63, 3.8) is 0 Å². The Kier molecular flexibility index (Phi) is 6.15. The molecule has 2 aromatic rings. The molecule has 0 radical (unpaired) electrons. The zero-order valence-corrected chi connectivity index (χ0v) is 14.9. The van der Waals surface area contributed by atoms with Crippen molar-refractivity contribution in [1.82, 2.24) is 20.8 Å². The molecule has 0 aliphatic heterocycles. The first-order valence-corrected chi connectivity index (χ1v) is 8.77. The maximum atomic E-state index is 11.9. The molecule has 2 rings (SSSR count). The van der Waals surface area contributed by atoms with Crippen molar-refractivity contribution < 1.29 is 9.32 Å². The van der Waals surface area contributed by atoms with Crippen LogP contribution in [0.5, 0.6) is 0 Å². The number of rotatable bonds is 7. The van der Waals surface area contributed by atoms with Gasteiger partial charge in [-0.2, -0.15) is 0 Å². The zero-order chi connectivity index (χ0) is 16.8. The van der Waals surface area contributed by atoms with Gasteiger partial charge in [0.1, 0.15) is 5.76 Å². The lowest BCUT2D eigenvalue weighted by Gasteiger charge is -2.14. The van der Waals surface area contributed by atoms with Gasteiger partial charge in [-0.15, -0.1) is 11.3 Å². The molecule has 0 aromatic carbocycles. The average Bonchev–Trinajstić information content (AvgIpc) is 3.09. The summed E-state index contributed by atoms with van der Waals surface area (Å²) in [5.41, 5.74) is 2.98. The van der Waals surface area contributed by atoms with Gasteiger partial charge in [0.25, 0.3) is 0 Å². The summed E-state index contributed by atoms with van der Waals surface area (Å²) in [4.78, 5) is 16.4.